The fraction of sp³-hybridized carbons (Fsp3) is 0.478. The molecule has 2 fully saturated rings. The summed E-state index contributed by atoms with van der Waals surface area (Å²) >= 11 is 0. The molecule has 0 radical (unpaired) electrons. The van der Waals surface area contributed by atoms with E-state index in [0.29, 0.717) is 6.61 Å². The topological polar surface area (TPSA) is 63.7 Å². The van der Waals surface area contributed by atoms with Gasteiger partial charge in [0.05, 0.1) is 17.7 Å². The minimum absolute atomic E-state index is 0.0411. The van der Waals surface area contributed by atoms with Gasteiger partial charge >= 0.3 is 0 Å². The Morgan fingerprint density at radius 2 is 2.00 bits per heavy atom. The number of ether oxygens (including phenoxy) is 1. The quantitative estimate of drug-likeness (QED) is 0.773. The molecule has 5 rings (SSSR count). The maximum absolute atomic E-state index is 6.35. The summed E-state index contributed by atoms with van der Waals surface area (Å²) in [6, 6.07) is 8.42. The zero-order valence-electron chi connectivity index (χ0n) is 16.4. The molecule has 1 saturated heterocycles. The third-order valence-electron chi connectivity index (χ3n) is 6.60. The van der Waals surface area contributed by atoms with Gasteiger partial charge in [-0.1, -0.05) is 12.5 Å². The first-order valence-electron chi connectivity index (χ1n) is 10.5. The molecule has 5 heteroatoms. The second kappa shape index (κ2) is 7.21. The Hall–Kier alpha value is -2.40. The summed E-state index contributed by atoms with van der Waals surface area (Å²) in [5.41, 5.74) is 10.7. The zero-order chi connectivity index (χ0) is 19.0. The summed E-state index contributed by atoms with van der Waals surface area (Å²) in [6.07, 6.45) is 10.8. The second-order valence-electron chi connectivity index (χ2n) is 8.29. The molecule has 0 bridgehead atoms. The van der Waals surface area contributed by atoms with E-state index < -0.39 is 0 Å². The lowest BCUT2D eigenvalue weighted by Gasteiger charge is -2.39. The molecule has 1 spiro atoms. The van der Waals surface area contributed by atoms with Gasteiger partial charge in [-0.3, -0.25) is 4.98 Å². The fourth-order valence-electron chi connectivity index (χ4n) is 4.82. The molecule has 3 heterocycles. The molecule has 0 atom stereocenters. The number of rotatable bonds is 6. The first-order valence-corrected chi connectivity index (χ1v) is 10.5. The van der Waals surface area contributed by atoms with E-state index in [2.05, 4.69) is 28.1 Å². The van der Waals surface area contributed by atoms with E-state index in [1.165, 1.54) is 37.9 Å². The number of aromatic nitrogens is 1. The standard InChI is InChI=1S/C23H28N4O/c24-22-23(7-4-8-23)19-14-18(17-6-3-9-25-16-17)21(15-20(19)26-22)28-13-5-12-27-10-1-2-11-27/h3,6,9,14-16H,1-2,4-5,7-8,10-13H2,(H2,24,26). The maximum Gasteiger partial charge on any atom is 0.129 e. The molecule has 1 aromatic heterocycles. The maximum atomic E-state index is 6.35. The molecule has 2 N–H and O–H groups in total. The Labute approximate surface area is 166 Å². The van der Waals surface area contributed by atoms with Gasteiger partial charge in [0, 0.05) is 36.1 Å². The van der Waals surface area contributed by atoms with Crippen molar-refractivity contribution >= 4 is 11.5 Å². The molecule has 1 aliphatic carbocycles. The normalized spacial score (nSPS) is 20.1. The van der Waals surface area contributed by atoms with Crippen LogP contribution in [0.3, 0.4) is 0 Å². The summed E-state index contributed by atoms with van der Waals surface area (Å²) < 4.78 is 6.27. The summed E-state index contributed by atoms with van der Waals surface area (Å²) in [6.45, 7) is 4.29. The van der Waals surface area contributed by atoms with Gasteiger partial charge in [-0.05, 0) is 62.9 Å². The lowest BCUT2D eigenvalue weighted by atomic mass is 9.64. The van der Waals surface area contributed by atoms with Crippen molar-refractivity contribution < 1.29 is 4.74 Å². The number of likely N-dealkylation sites (tertiary alicyclic amines) is 1. The molecular weight excluding hydrogens is 348 g/mol. The van der Waals surface area contributed by atoms with Crippen molar-refractivity contribution in [1.82, 2.24) is 9.88 Å². The van der Waals surface area contributed by atoms with Crippen molar-refractivity contribution in [1.29, 1.82) is 0 Å². The van der Waals surface area contributed by atoms with E-state index in [1.54, 1.807) is 0 Å². The van der Waals surface area contributed by atoms with E-state index in [9.17, 15) is 0 Å². The van der Waals surface area contributed by atoms with Crippen molar-refractivity contribution in [3.8, 4) is 16.9 Å². The summed E-state index contributed by atoms with van der Waals surface area (Å²) in [5.74, 6) is 1.66. The molecule has 0 amide bonds. The van der Waals surface area contributed by atoms with Gasteiger partial charge in [0.2, 0.25) is 0 Å². The summed E-state index contributed by atoms with van der Waals surface area (Å²) in [5, 5.41) is 0. The number of benzene rings is 1. The molecule has 1 saturated carbocycles. The molecule has 3 aliphatic rings. The van der Waals surface area contributed by atoms with E-state index in [-0.39, 0.29) is 5.41 Å². The van der Waals surface area contributed by atoms with Crippen LogP contribution in [0.4, 0.5) is 5.69 Å². The van der Waals surface area contributed by atoms with Crippen molar-refractivity contribution in [3.63, 3.8) is 0 Å². The van der Waals surface area contributed by atoms with Crippen molar-refractivity contribution in [3.05, 3.63) is 42.2 Å². The number of pyridine rings is 1. The van der Waals surface area contributed by atoms with Crippen molar-refractivity contribution in [2.45, 2.75) is 43.9 Å². The predicted octanol–water partition coefficient (Wildman–Crippen LogP) is 4.04. The zero-order valence-corrected chi connectivity index (χ0v) is 16.4. The monoisotopic (exact) mass is 376 g/mol. The molecule has 146 valence electrons. The average Bonchev–Trinajstić information content (AvgIpc) is 3.29. The highest BCUT2D eigenvalue weighted by molar-refractivity contribution is 6.01. The van der Waals surface area contributed by atoms with Crippen molar-refractivity contribution in [2.24, 2.45) is 10.7 Å². The molecule has 2 aromatic rings. The van der Waals surface area contributed by atoms with Crippen LogP contribution in [0.25, 0.3) is 11.1 Å². The van der Waals surface area contributed by atoms with E-state index >= 15 is 0 Å². The van der Waals surface area contributed by atoms with Crippen LogP contribution in [0.15, 0.2) is 41.7 Å². The fourth-order valence-corrected chi connectivity index (χ4v) is 4.82. The lowest BCUT2D eigenvalue weighted by molar-refractivity contribution is 0.264. The van der Waals surface area contributed by atoms with Crippen LogP contribution >= 0.6 is 0 Å². The van der Waals surface area contributed by atoms with Crippen LogP contribution in [0, 0.1) is 0 Å². The van der Waals surface area contributed by atoms with E-state index in [1.807, 2.05) is 18.5 Å². The Bertz CT molecular complexity index is 883. The van der Waals surface area contributed by atoms with Crippen LogP contribution in [0.1, 0.15) is 44.1 Å². The molecular formula is C23H28N4O. The number of nitrogens with two attached hydrogens (primary N) is 1. The van der Waals surface area contributed by atoms with Gasteiger partial charge in [-0.2, -0.15) is 0 Å². The first-order chi connectivity index (χ1) is 13.8. The van der Waals surface area contributed by atoms with Gasteiger partial charge in [0.15, 0.2) is 0 Å². The van der Waals surface area contributed by atoms with E-state index in [4.69, 9.17) is 15.5 Å². The van der Waals surface area contributed by atoms with Gasteiger partial charge in [0.25, 0.3) is 0 Å². The Balaban J connectivity index is 1.41. The Morgan fingerprint density at radius 3 is 2.71 bits per heavy atom. The van der Waals surface area contributed by atoms with Crippen LogP contribution < -0.4 is 10.5 Å². The average molecular weight is 377 g/mol. The van der Waals surface area contributed by atoms with Gasteiger partial charge in [-0.25, -0.2) is 4.99 Å². The summed E-state index contributed by atoms with van der Waals surface area (Å²) in [7, 11) is 0. The Kier molecular flexibility index (Phi) is 4.55. The Morgan fingerprint density at radius 1 is 1.14 bits per heavy atom. The van der Waals surface area contributed by atoms with E-state index in [0.717, 1.165) is 54.2 Å². The highest BCUT2D eigenvalue weighted by Gasteiger charge is 2.47. The third kappa shape index (κ3) is 2.98. The molecule has 5 nitrogen and oxygen atoms in total. The third-order valence-corrected chi connectivity index (χ3v) is 6.60. The van der Waals surface area contributed by atoms with Crippen LogP contribution in [-0.2, 0) is 5.41 Å². The van der Waals surface area contributed by atoms with Gasteiger partial charge in [-0.15, -0.1) is 0 Å². The largest absolute Gasteiger partial charge is 0.493 e. The van der Waals surface area contributed by atoms with Gasteiger partial charge < -0.3 is 15.4 Å². The second-order valence-corrected chi connectivity index (χ2v) is 8.29. The number of nitrogens with zero attached hydrogens (tertiary/aromatic N) is 3. The van der Waals surface area contributed by atoms with Crippen LogP contribution in [0.5, 0.6) is 5.75 Å². The minimum atomic E-state index is -0.0411. The molecule has 1 aromatic carbocycles. The number of hydrogen-bond acceptors (Lipinski definition) is 5. The highest BCUT2D eigenvalue weighted by atomic mass is 16.5. The SMILES string of the molecule is NC1=Nc2cc(OCCCN3CCCC3)c(-c3cccnc3)cc2C12CCC2. The number of aliphatic imine (C=N–C) groups is 1. The first kappa shape index (κ1) is 17.7. The molecule has 2 aliphatic heterocycles. The number of amidine groups is 1. The lowest BCUT2D eigenvalue weighted by Crippen LogP contribution is -2.44. The summed E-state index contributed by atoms with van der Waals surface area (Å²) in [4.78, 5) is 11.5. The van der Waals surface area contributed by atoms with Crippen LogP contribution in [0.2, 0.25) is 0 Å². The molecule has 0 unspecified atom stereocenters. The van der Waals surface area contributed by atoms with Gasteiger partial charge in [0.1, 0.15) is 11.6 Å². The number of hydrogen-bond donors (Lipinski definition) is 1. The minimum Gasteiger partial charge on any atom is -0.493 e. The highest BCUT2D eigenvalue weighted by Crippen LogP contribution is 2.53. The number of fused-ring (bicyclic) bond motifs is 2. The van der Waals surface area contributed by atoms with Crippen LogP contribution in [-0.4, -0.2) is 42.0 Å². The molecule has 28 heavy (non-hydrogen) atoms. The predicted molar refractivity (Wildman–Crippen MR) is 112 cm³/mol. The smallest absolute Gasteiger partial charge is 0.129 e. The van der Waals surface area contributed by atoms with Crippen molar-refractivity contribution in [2.75, 3.05) is 26.2 Å².